The summed E-state index contributed by atoms with van der Waals surface area (Å²) in [7, 11) is 3.03. The Hall–Kier alpha value is -1.75. The fraction of sp³-hybridized carbons (Fsp3) is 0.462. The second-order valence-electron chi connectivity index (χ2n) is 4.02. The molecule has 1 rings (SSSR count). The lowest BCUT2D eigenvalue weighted by atomic mass is 10.2. The van der Waals surface area contributed by atoms with Gasteiger partial charge in [-0.05, 0) is 31.5 Å². The maximum atomic E-state index is 11.1. The Labute approximate surface area is 107 Å². The van der Waals surface area contributed by atoms with Crippen molar-refractivity contribution in [2.75, 3.05) is 31.5 Å². The molecular weight excluding hydrogens is 232 g/mol. The van der Waals surface area contributed by atoms with Gasteiger partial charge in [-0.3, -0.25) is 5.32 Å². The van der Waals surface area contributed by atoms with E-state index in [4.69, 9.17) is 4.74 Å². The third-order valence-corrected chi connectivity index (χ3v) is 2.46. The van der Waals surface area contributed by atoms with Gasteiger partial charge in [-0.25, -0.2) is 4.79 Å². The summed E-state index contributed by atoms with van der Waals surface area (Å²) in [5, 5.41) is 5.96. The molecule has 0 bridgehead atoms. The summed E-state index contributed by atoms with van der Waals surface area (Å²) in [4.78, 5) is 11.1. The third kappa shape index (κ3) is 5.05. The number of ether oxygens (including phenoxy) is 2. The van der Waals surface area contributed by atoms with Gasteiger partial charge < -0.3 is 14.8 Å². The summed E-state index contributed by atoms with van der Waals surface area (Å²) < 4.78 is 9.57. The molecule has 0 saturated heterocycles. The summed E-state index contributed by atoms with van der Waals surface area (Å²) in [6, 6.07) is 7.79. The van der Waals surface area contributed by atoms with Crippen LogP contribution in [0.4, 0.5) is 16.2 Å². The Bertz CT molecular complexity index is 382. The minimum absolute atomic E-state index is 0.304. The molecular formula is C13H20N2O3. The molecule has 0 radical (unpaired) electrons. The summed E-state index contributed by atoms with van der Waals surface area (Å²) in [6.45, 7) is 2.80. The number of hydrogen-bond acceptors (Lipinski definition) is 4. The smallest absolute Gasteiger partial charge is 0.411 e. The Morgan fingerprint density at radius 3 is 2.72 bits per heavy atom. The molecule has 0 fully saturated rings. The minimum atomic E-state index is -0.473. The Balaban J connectivity index is 2.56. The van der Waals surface area contributed by atoms with Crippen LogP contribution in [0, 0.1) is 0 Å². The highest BCUT2D eigenvalue weighted by atomic mass is 16.5. The molecule has 0 aliphatic carbocycles. The normalized spacial score (nSPS) is 11.7. The molecule has 100 valence electrons. The van der Waals surface area contributed by atoms with Crippen LogP contribution in [0.15, 0.2) is 24.3 Å². The molecule has 5 nitrogen and oxygen atoms in total. The molecule has 1 atom stereocenters. The first-order valence-corrected chi connectivity index (χ1v) is 5.86. The quantitative estimate of drug-likeness (QED) is 0.817. The van der Waals surface area contributed by atoms with Crippen LogP contribution in [0.5, 0.6) is 0 Å². The van der Waals surface area contributed by atoms with Gasteiger partial charge in [-0.2, -0.15) is 0 Å². The Kier molecular flexibility index (Phi) is 6.00. The zero-order chi connectivity index (χ0) is 13.4. The van der Waals surface area contributed by atoms with Gasteiger partial charge in [0.25, 0.3) is 0 Å². The van der Waals surface area contributed by atoms with Crippen LogP contribution >= 0.6 is 0 Å². The van der Waals surface area contributed by atoms with Gasteiger partial charge in [-0.15, -0.1) is 0 Å². The molecule has 0 saturated carbocycles. The number of benzene rings is 1. The van der Waals surface area contributed by atoms with Crippen molar-refractivity contribution < 1.29 is 14.3 Å². The molecule has 1 aromatic rings. The second kappa shape index (κ2) is 7.55. The second-order valence-corrected chi connectivity index (χ2v) is 4.02. The highest BCUT2D eigenvalue weighted by Crippen LogP contribution is 2.16. The van der Waals surface area contributed by atoms with Crippen molar-refractivity contribution >= 4 is 17.5 Å². The predicted molar refractivity (Wildman–Crippen MR) is 72.0 cm³/mol. The summed E-state index contributed by atoms with van der Waals surface area (Å²) in [5.41, 5.74) is 1.65. The largest absolute Gasteiger partial charge is 0.453 e. The highest BCUT2D eigenvalue weighted by Gasteiger charge is 2.04. The van der Waals surface area contributed by atoms with E-state index in [1.807, 2.05) is 24.3 Å². The first-order valence-electron chi connectivity index (χ1n) is 5.86. The van der Waals surface area contributed by atoms with Crippen LogP contribution in [0.1, 0.15) is 13.3 Å². The molecule has 0 spiro atoms. The van der Waals surface area contributed by atoms with Gasteiger partial charge in [-0.1, -0.05) is 6.07 Å². The number of carbonyl (C=O) groups excluding carboxylic acids is 1. The van der Waals surface area contributed by atoms with Crippen LogP contribution in [-0.4, -0.2) is 33.0 Å². The fourth-order valence-corrected chi connectivity index (χ4v) is 1.51. The van der Waals surface area contributed by atoms with E-state index in [1.165, 1.54) is 7.11 Å². The van der Waals surface area contributed by atoms with Gasteiger partial charge in [0.1, 0.15) is 0 Å². The maximum Gasteiger partial charge on any atom is 0.411 e. The van der Waals surface area contributed by atoms with E-state index in [2.05, 4.69) is 22.3 Å². The molecule has 5 heteroatoms. The van der Waals surface area contributed by atoms with Gasteiger partial charge in [0.2, 0.25) is 0 Å². The van der Waals surface area contributed by atoms with Crippen molar-refractivity contribution in [3.05, 3.63) is 24.3 Å². The van der Waals surface area contributed by atoms with Crippen LogP contribution in [0.25, 0.3) is 0 Å². The monoisotopic (exact) mass is 252 g/mol. The van der Waals surface area contributed by atoms with Crippen molar-refractivity contribution in [2.24, 2.45) is 0 Å². The van der Waals surface area contributed by atoms with E-state index in [-0.39, 0.29) is 0 Å². The van der Waals surface area contributed by atoms with Crippen molar-refractivity contribution in [1.29, 1.82) is 0 Å². The molecule has 2 N–H and O–H groups in total. The highest BCUT2D eigenvalue weighted by molar-refractivity contribution is 5.85. The summed E-state index contributed by atoms with van der Waals surface area (Å²) in [6.07, 6.45) is 0.449. The summed E-state index contributed by atoms with van der Waals surface area (Å²) in [5.74, 6) is 0. The third-order valence-electron chi connectivity index (χ3n) is 2.46. The number of amides is 1. The van der Waals surface area contributed by atoms with E-state index in [1.54, 1.807) is 7.11 Å². The predicted octanol–water partition coefficient (Wildman–Crippen LogP) is 2.70. The van der Waals surface area contributed by atoms with E-state index in [0.29, 0.717) is 18.3 Å². The lowest BCUT2D eigenvalue weighted by Gasteiger charge is -2.15. The number of carbonyl (C=O) groups is 1. The van der Waals surface area contributed by atoms with Gasteiger partial charge >= 0.3 is 6.09 Å². The molecule has 18 heavy (non-hydrogen) atoms. The van der Waals surface area contributed by atoms with Crippen LogP contribution in [0.3, 0.4) is 0 Å². The van der Waals surface area contributed by atoms with E-state index < -0.39 is 6.09 Å². The topological polar surface area (TPSA) is 59.6 Å². The summed E-state index contributed by atoms with van der Waals surface area (Å²) >= 11 is 0. The Morgan fingerprint density at radius 2 is 2.06 bits per heavy atom. The number of nitrogens with one attached hydrogen (secondary N) is 2. The number of rotatable bonds is 6. The average Bonchev–Trinajstić information content (AvgIpc) is 2.36. The molecule has 0 heterocycles. The Morgan fingerprint density at radius 1 is 1.33 bits per heavy atom. The molecule has 1 amide bonds. The lowest BCUT2D eigenvalue weighted by Crippen LogP contribution is -2.17. The minimum Gasteiger partial charge on any atom is -0.453 e. The standard InChI is InChI=1S/C13H20N2O3/c1-10(7-8-17-2)14-11-5-4-6-12(9-11)15-13(16)18-3/h4-6,9-10,14H,7-8H2,1-3H3,(H,15,16). The van der Waals surface area contributed by atoms with Gasteiger partial charge in [0.05, 0.1) is 7.11 Å². The van der Waals surface area contributed by atoms with Gasteiger partial charge in [0, 0.05) is 31.1 Å². The first kappa shape index (κ1) is 14.3. The molecule has 1 aromatic carbocycles. The van der Waals surface area contributed by atoms with Crippen molar-refractivity contribution in [1.82, 2.24) is 0 Å². The molecule has 0 aromatic heterocycles. The van der Waals surface area contributed by atoms with Gasteiger partial charge in [0.15, 0.2) is 0 Å². The SMILES string of the molecule is COCCC(C)Nc1cccc(NC(=O)OC)c1. The first-order chi connectivity index (χ1) is 8.65. The number of hydrogen-bond donors (Lipinski definition) is 2. The molecule has 0 aliphatic heterocycles. The number of methoxy groups -OCH3 is 2. The maximum absolute atomic E-state index is 11.1. The van der Waals surface area contributed by atoms with Crippen molar-refractivity contribution in [3.8, 4) is 0 Å². The molecule has 1 unspecified atom stereocenters. The van der Waals surface area contributed by atoms with Crippen LogP contribution in [-0.2, 0) is 9.47 Å². The van der Waals surface area contributed by atoms with Crippen molar-refractivity contribution in [3.63, 3.8) is 0 Å². The van der Waals surface area contributed by atoms with Crippen molar-refractivity contribution in [2.45, 2.75) is 19.4 Å². The number of anilines is 2. The van der Waals surface area contributed by atoms with E-state index >= 15 is 0 Å². The zero-order valence-corrected chi connectivity index (χ0v) is 11.0. The van der Waals surface area contributed by atoms with Crippen LogP contribution < -0.4 is 10.6 Å². The fourth-order valence-electron chi connectivity index (χ4n) is 1.51. The molecule has 0 aliphatic rings. The lowest BCUT2D eigenvalue weighted by molar-refractivity contribution is 0.187. The van der Waals surface area contributed by atoms with Crippen LogP contribution in [0.2, 0.25) is 0 Å². The van der Waals surface area contributed by atoms with E-state index in [9.17, 15) is 4.79 Å². The zero-order valence-electron chi connectivity index (χ0n) is 11.0. The van der Waals surface area contributed by atoms with E-state index in [0.717, 1.165) is 12.1 Å². The average molecular weight is 252 g/mol.